The molecule has 2 aromatic rings. The van der Waals surface area contributed by atoms with Crippen molar-refractivity contribution in [1.82, 2.24) is 4.90 Å². The van der Waals surface area contributed by atoms with Crippen molar-refractivity contribution in [2.24, 2.45) is 5.92 Å². The number of benzene rings is 2. The minimum Gasteiger partial charge on any atom is -0.448 e. The number of rotatable bonds is 10. The van der Waals surface area contributed by atoms with Gasteiger partial charge in [-0.1, -0.05) is 48.5 Å². The molecule has 192 valence electrons. The summed E-state index contributed by atoms with van der Waals surface area (Å²) in [5, 5.41) is 0. The second kappa shape index (κ2) is 11.5. The summed E-state index contributed by atoms with van der Waals surface area (Å²) in [7, 11) is 1.64. The van der Waals surface area contributed by atoms with Gasteiger partial charge < -0.3 is 18.9 Å². The predicted octanol–water partition coefficient (Wildman–Crippen LogP) is 4.43. The molecular weight excluding hydrogens is 458 g/mol. The SMILES string of the molecule is COCCOCCCC(=O)C1CC2COCC(C1)N2C(=O)OCC1c2ccccc2-c2ccccc21. The maximum atomic E-state index is 13.3. The molecule has 2 atom stereocenters. The zero-order chi connectivity index (χ0) is 24.9. The number of ether oxygens (including phenoxy) is 4. The molecule has 0 N–H and O–H groups in total. The lowest BCUT2D eigenvalue weighted by molar-refractivity contribution is -0.131. The molecule has 2 bridgehead atoms. The van der Waals surface area contributed by atoms with Crippen molar-refractivity contribution in [2.75, 3.05) is 46.8 Å². The van der Waals surface area contributed by atoms with Crippen molar-refractivity contribution in [3.8, 4) is 11.1 Å². The summed E-state index contributed by atoms with van der Waals surface area (Å²) < 4.78 is 22.2. The second-order valence-electron chi connectivity index (χ2n) is 9.90. The predicted molar refractivity (Wildman–Crippen MR) is 135 cm³/mol. The van der Waals surface area contributed by atoms with Crippen molar-refractivity contribution in [3.05, 3.63) is 59.7 Å². The van der Waals surface area contributed by atoms with Crippen LogP contribution >= 0.6 is 0 Å². The molecular formula is C29H35NO6. The molecule has 5 rings (SSSR count). The highest BCUT2D eigenvalue weighted by Gasteiger charge is 2.44. The monoisotopic (exact) mass is 493 g/mol. The van der Waals surface area contributed by atoms with Crippen LogP contribution in [0, 0.1) is 5.92 Å². The van der Waals surface area contributed by atoms with E-state index in [0.29, 0.717) is 65.3 Å². The lowest BCUT2D eigenvalue weighted by Gasteiger charge is -2.47. The number of carbonyl (C=O) groups is 2. The van der Waals surface area contributed by atoms with Gasteiger partial charge in [0.25, 0.3) is 0 Å². The molecule has 2 fully saturated rings. The first-order valence-electron chi connectivity index (χ1n) is 13.0. The molecule has 0 saturated carbocycles. The van der Waals surface area contributed by atoms with Gasteiger partial charge in [0.15, 0.2) is 0 Å². The highest BCUT2D eigenvalue weighted by Crippen LogP contribution is 2.44. The van der Waals surface area contributed by atoms with Crippen LogP contribution in [0.4, 0.5) is 4.79 Å². The highest BCUT2D eigenvalue weighted by molar-refractivity contribution is 5.82. The van der Waals surface area contributed by atoms with E-state index in [0.717, 1.165) is 0 Å². The molecule has 2 heterocycles. The second-order valence-corrected chi connectivity index (χ2v) is 9.90. The van der Waals surface area contributed by atoms with Crippen molar-refractivity contribution in [3.63, 3.8) is 0 Å². The van der Waals surface area contributed by atoms with E-state index in [2.05, 4.69) is 24.3 Å². The molecule has 2 aromatic carbocycles. The molecule has 1 amide bonds. The minimum atomic E-state index is -0.299. The van der Waals surface area contributed by atoms with Crippen LogP contribution in [-0.4, -0.2) is 75.6 Å². The molecule has 2 saturated heterocycles. The van der Waals surface area contributed by atoms with Crippen LogP contribution in [0.5, 0.6) is 0 Å². The van der Waals surface area contributed by atoms with Gasteiger partial charge in [0.05, 0.1) is 38.5 Å². The molecule has 7 heteroatoms. The third-order valence-electron chi connectivity index (χ3n) is 7.67. The van der Waals surface area contributed by atoms with E-state index in [1.165, 1.54) is 22.3 Å². The van der Waals surface area contributed by atoms with Gasteiger partial charge in [-0.05, 0) is 41.5 Å². The van der Waals surface area contributed by atoms with E-state index < -0.39 is 0 Å². The maximum absolute atomic E-state index is 13.3. The Balaban J connectivity index is 1.17. The van der Waals surface area contributed by atoms with Crippen LogP contribution in [0.3, 0.4) is 0 Å². The summed E-state index contributed by atoms with van der Waals surface area (Å²) in [6, 6.07) is 16.4. The van der Waals surface area contributed by atoms with Crippen molar-refractivity contribution >= 4 is 11.9 Å². The Hall–Kier alpha value is -2.74. The Morgan fingerprint density at radius 3 is 2.19 bits per heavy atom. The van der Waals surface area contributed by atoms with Gasteiger partial charge >= 0.3 is 6.09 Å². The Labute approximate surface area is 212 Å². The number of morpholine rings is 1. The standard InChI is InChI=1S/C29H35NO6/c1-33-13-14-34-12-6-11-28(31)20-15-21-17-35-18-22(16-20)30(21)29(32)36-19-27-25-9-4-2-7-23(25)24-8-3-5-10-26(24)27/h2-5,7-10,20-22,27H,6,11-19H2,1H3. The Bertz CT molecular complexity index is 1010. The summed E-state index contributed by atoms with van der Waals surface area (Å²) in [4.78, 5) is 28.0. The van der Waals surface area contributed by atoms with Gasteiger partial charge in [-0.3, -0.25) is 9.69 Å². The first-order valence-corrected chi connectivity index (χ1v) is 13.0. The average Bonchev–Trinajstić information content (AvgIpc) is 3.22. The molecule has 36 heavy (non-hydrogen) atoms. The molecule has 0 spiro atoms. The summed E-state index contributed by atoms with van der Waals surface area (Å²) in [5.41, 5.74) is 4.82. The number of methoxy groups -OCH3 is 1. The number of hydrogen-bond donors (Lipinski definition) is 0. The van der Waals surface area contributed by atoms with Gasteiger partial charge in [-0.15, -0.1) is 0 Å². The van der Waals surface area contributed by atoms with Crippen molar-refractivity contribution in [2.45, 2.75) is 43.7 Å². The van der Waals surface area contributed by atoms with E-state index in [9.17, 15) is 9.59 Å². The zero-order valence-electron chi connectivity index (χ0n) is 20.9. The molecule has 2 aliphatic heterocycles. The quantitative estimate of drug-likeness (QED) is 0.456. The van der Waals surface area contributed by atoms with Crippen LogP contribution in [0.15, 0.2) is 48.5 Å². The Morgan fingerprint density at radius 1 is 0.917 bits per heavy atom. The lowest BCUT2D eigenvalue weighted by Crippen LogP contribution is -2.60. The lowest BCUT2D eigenvalue weighted by atomic mass is 9.81. The highest BCUT2D eigenvalue weighted by atomic mass is 16.6. The first kappa shape index (κ1) is 24.9. The number of ketones is 1. The normalized spacial score (nSPS) is 22.7. The van der Waals surface area contributed by atoms with Gasteiger partial charge in [0, 0.05) is 32.0 Å². The number of piperidine rings is 1. The number of amides is 1. The molecule has 0 aromatic heterocycles. The number of hydrogen-bond acceptors (Lipinski definition) is 6. The third-order valence-corrected chi connectivity index (χ3v) is 7.67. The number of nitrogens with zero attached hydrogens (tertiary/aromatic N) is 1. The summed E-state index contributed by atoms with van der Waals surface area (Å²) in [5.74, 6) is 0.248. The molecule has 1 aliphatic carbocycles. The fourth-order valence-corrected chi connectivity index (χ4v) is 5.94. The number of Topliss-reactive ketones (excluding diaryl/α,β-unsaturated/α-hetero) is 1. The van der Waals surface area contributed by atoms with Crippen LogP contribution in [0.2, 0.25) is 0 Å². The van der Waals surface area contributed by atoms with Crippen LogP contribution in [-0.2, 0) is 23.7 Å². The molecule has 3 aliphatic rings. The largest absolute Gasteiger partial charge is 0.448 e. The van der Waals surface area contributed by atoms with Crippen LogP contribution in [0.1, 0.15) is 42.7 Å². The average molecular weight is 494 g/mol. The van der Waals surface area contributed by atoms with Gasteiger partial charge in [-0.2, -0.15) is 0 Å². The zero-order valence-corrected chi connectivity index (χ0v) is 20.9. The third kappa shape index (κ3) is 5.19. The Morgan fingerprint density at radius 2 is 1.56 bits per heavy atom. The van der Waals surface area contributed by atoms with Gasteiger partial charge in [0.2, 0.25) is 0 Å². The van der Waals surface area contributed by atoms with Crippen molar-refractivity contribution in [1.29, 1.82) is 0 Å². The van der Waals surface area contributed by atoms with E-state index in [4.69, 9.17) is 18.9 Å². The fourth-order valence-electron chi connectivity index (χ4n) is 5.94. The summed E-state index contributed by atoms with van der Waals surface area (Å²) >= 11 is 0. The van der Waals surface area contributed by atoms with E-state index in [1.807, 2.05) is 29.2 Å². The van der Waals surface area contributed by atoms with Crippen LogP contribution in [0.25, 0.3) is 11.1 Å². The smallest absolute Gasteiger partial charge is 0.410 e. The fraction of sp³-hybridized carbons (Fsp3) is 0.517. The molecule has 0 radical (unpaired) electrons. The van der Waals surface area contributed by atoms with Gasteiger partial charge in [0.1, 0.15) is 12.4 Å². The number of fused-ring (bicyclic) bond motifs is 5. The first-order chi connectivity index (χ1) is 17.7. The van der Waals surface area contributed by atoms with E-state index >= 15 is 0 Å². The molecule has 7 nitrogen and oxygen atoms in total. The summed E-state index contributed by atoms with van der Waals surface area (Å²) in [6.45, 7) is 2.87. The van der Waals surface area contributed by atoms with E-state index in [1.54, 1.807) is 7.11 Å². The number of carbonyl (C=O) groups excluding carboxylic acids is 2. The summed E-state index contributed by atoms with van der Waals surface area (Å²) in [6.07, 6.45) is 2.17. The molecule has 2 unspecified atom stereocenters. The van der Waals surface area contributed by atoms with Gasteiger partial charge in [-0.25, -0.2) is 4.79 Å². The van der Waals surface area contributed by atoms with Crippen LogP contribution < -0.4 is 0 Å². The Kier molecular flexibility index (Phi) is 7.99. The minimum absolute atomic E-state index is 0.0302. The van der Waals surface area contributed by atoms with E-state index in [-0.39, 0.29) is 35.8 Å². The maximum Gasteiger partial charge on any atom is 0.410 e. The topological polar surface area (TPSA) is 74.3 Å². The van der Waals surface area contributed by atoms with Crippen molar-refractivity contribution < 1.29 is 28.5 Å².